The zero-order valence-electron chi connectivity index (χ0n) is 14.4. The topological polar surface area (TPSA) is 90.0 Å². The molecule has 2 amide bonds. The Bertz CT molecular complexity index is 800. The summed E-state index contributed by atoms with van der Waals surface area (Å²) in [7, 11) is -0.150. The summed E-state index contributed by atoms with van der Waals surface area (Å²) in [5.41, 5.74) is 1.40. The highest BCUT2D eigenvalue weighted by Gasteiger charge is 2.27. The lowest BCUT2D eigenvalue weighted by atomic mass is 10.2. The predicted octanol–water partition coefficient (Wildman–Crippen LogP) is -0.742. The molecule has 1 fully saturated rings. The van der Waals surface area contributed by atoms with E-state index in [1.165, 1.54) is 17.0 Å². The number of piperazine rings is 1. The minimum Gasteiger partial charge on any atom is -0.339 e. The molecule has 0 aromatic heterocycles. The zero-order chi connectivity index (χ0) is 18.2. The highest BCUT2D eigenvalue weighted by atomic mass is 32.2. The van der Waals surface area contributed by atoms with Crippen molar-refractivity contribution in [3.05, 3.63) is 23.8 Å². The Balaban J connectivity index is 1.66. The van der Waals surface area contributed by atoms with Crippen LogP contribution in [0.25, 0.3) is 0 Å². The number of hydrogen-bond acceptors (Lipinski definition) is 5. The molecule has 25 heavy (non-hydrogen) atoms. The summed E-state index contributed by atoms with van der Waals surface area (Å²) in [6.45, 7) is 2.51. The smallest absolute Gasteiger partial charge is 0.241 e. The van der Waals surface area contributed by atoms with Gasteiger partial charge in [-0.25, -0.2) is 13.1 Å². The van der Waals surface area contributed by atoms with Gasteiger partial charge in [0.25, 0.3) is 0 Å². The lowest BCUT2D eigenvalue weighted by molar-refractivity contribution is -0.131. The third-order valence-electron chi connectivity index (χ3n) is 4.71. The molecule has 1 saturated heterocycles. The fourth-order valence-corrected chi connectivity index (χ4v) is 4.05. The van der Waals surface area contributed by atoms with Crippen LogP contribution < -0.4 is 9.62 Å². The average molecular weight is 366 g/mol. The van der Waals surface area contributed by atoms with Crippen LogP contribution in [0.5, 0.6) is 0 Å². The molecule has 1 aromatic carbocycles. The first-order valence-electron chi connectivity index (χ1n) is 8.13. The van der Waals surface area contributed by atoms with E-state index >= 15 is 0 Å². The number of amides is 2. The molecule has 0 bridgehead atoms. The monoisotopic (exact) mass is 366 g/mol. The van der Waals surface area contributed by atoms with Gasteiger partial charge >= 0.3 is 0 Å². The van der Waals surface area contributed by atoms with Gasteiger partial charge in [-0.3, -0.25) is 9.59 Å². The van der Waals surface area contributed by atoms with E-state index in [-0.39, 0.29) is 29.7 Å². The maximum absolute atomic E-state index is 12.4. The number of hydrogen-bond donors (Lipinski definition) is 1. The van der Waals surface area contributed by atoms with Gasteiger partial charge in [0, 0.05) is 38.9 Å². The van der Waals surface area contributed by atoms with Gasteiger partial charge in [-0.1, -0.05) is 0 Å². The second-order valence-electron chi connectivity index (χ2n) is 6.43. The van der Waals surface area contributed by atoms with Crippen molar-refractivity contribution >= 4 is 27.5 Å². The number of fused-ring (bicyclic) bond motifs is 1. The summed E-state index contributed by atoms with van der Waals surface area (Å²) in [4.78, 5) is 29.3. The number of nitrogens with zero attached hydrogens (tertiary/aromatic N) is 3. The molecule has 0 aliphatic carbocycles. The summed E-state index contributed by atoms with van der Waals surface area (Å²) in [5, 5.41) is 0. The molecule has 9 heteroatoms. The lowest BCUT2D eigenvalue weighted by Crippen LogP contribution is -2.50. The first kappa shape index (κ1) is 17.8. The molecule has 2 aliphatic rings. The van der Waals surface area contributed by atoms with Gasteiger partial charge in [-0.15, -0.1) is 0 Å². The van der Waals surface area contributed by atoms with Crippen LogP contribution in [-0.2, 0) is 26.0 Å². The number of likely N-dealkylation sites (N-methyl/N-ethyl adjacent to an activating group) is 2. The Kier molecular flexibility index (Phi) is 4.81. The second-order valence-corrected chi connectivity index (χ2v) is 8.20. The Morgan fingerprint density at radius 2 is 1.84 bits per heavy atom. The molecule has 0 atom stereocenters. The van der Waals surface area contributed by atoms with E-state index in [1.807, 2.05) is 7.05 Å². The predicted molar refractivity (Wildman–Crippen MR) is 92.8 cm³/mol. The van der Waals surface area contributed by atoms with Crippen molar-refractivity contribution in [1.82, 2.24) is 14.5 Å². The minimum absolute atomic E-state index is 0.0669. The van der Waals surface area contributed by atoms with Gasteiger partial charge in [0.05, 0.1) is 17.9 Å². The van der Waals surface area contributed by atoms with Crippen molar-refractivity contribution in [3.63, 3.8) is 0 Å². The third-order valence-corrected chi connectivity index (χ3v) is 6.11. The quantitative estimate of drug-likeness (QED) is 0.758. The summed E-state index contributed by atoms with van der Waals surface area (Å²) in [6, 6.07) is 4.58. The fraction of sp³-hybridized carbons (Fsp3) is 0.500. The van der Waals surface area contributed by atoms with Crippen molar-refractivity contribution < 1.29 is 18.0 Å². The summed E-state index contributed by atoms with van der Waals surface area (Å²) >= 11 is 0. The van der Waals surface area contributed by atoms with E-state index in [4.69, 9.17) is 0 Å². The van der Waals surface area contributed by atoms with Crippen molar-refractivity contribution in [3.8, 4) is 0 Å². The Hall–Kier alpha value is -1.97. The fourth-order valence-electron chi connectivity index (χ4n) is 3.02. The molecular formula is C16H22N4O4S. The highest BCUT2D eigenvalue weighted by molar-refractivity contribution is 7.89. The van der Waals surface area contributed by atoms with Crippen LogP contribution in [-0.4, -0.2) is 76.9 Å². The van der Waals surface area contributed by atoms with Crippen LogP contribution in [0.2, 0.25) is 0 Å². The maximum atomic E-state index is 12.4. The number of benzene rings is 1. The summed E-state index contributed by atoms with van der Waals surface area (Å²) in [6.07, 6.45) is 0.190. The Morgan fingerprint density at radius 1 is 1.16 bits per heavy atom. The van der Waals surface area contributed by atoms with Crippen molar-refractivity contribution in [2.24, 2.45) is 0 Å². The van der Waals surface area contributed by atoms with Gasteiger partial charge < -0.3 is 14.7 Å². The number of carbonyl (C=O) groups excluding carboxylic acids is 2. The molecular weight excluding hydrogens is 344 g/mol. The van der Waals surface area contributed by atoms with Crippen LogP contribution in [0, 0.1) is 0 Å². The number of carbonyl (C=O) groups is 2. The lowest BCUT2D eigenvalue weighted by Gasteiger charge is -2.32. The maximum Gasteiger partial charge on any atom is 0.241 e. The van der Waals surface area contributed by atoms with E-state index in [0.29, 0.717) is 18.7 Å². The zero-order valence-corrected chi connectivity index (χ0v) is 15.2. The van der Waals surface area contributed by atoms with Crippen LogP contribution in [0.1, 0.15) is 5.56 Å². The normalized spacial score (nSPS) is 18.6. The number of nitrogens with one attached hydrogen (secondary N) is 1. The molecule has 2 aliphatic heterocycles. The molecule has 8 nitrogen and oxygen atoms in total. The van der Waals surface area contributed by atoms with Gasteiger partial charge in [-0.2, -0.15) is 0 Å². The first-order valence-corrected chi connectivity index (χ1v) is 9.62. The molecule has 0 saturated carbocycles. The summed E-state index contributed by atoms with van der Waals surface area (Å²) in [5.74, 6) is -0.296. The molecule has 1 aromatic rings. The number of rotatable bonds is 4. The van der Waals surface area contributed by atoms with Gasteiger partial charge in [0.15, 0.2) is 0 Å². The van der Waals surface area contributed by atoms with E-state index in [2.05, 4.69) is 9.62 Å². The average Bonchev–Trinajstić information content (AvgIpc) is 2.87. The second kappa shape index (κ2) is 6.74. The Morgan fingerprint density at radius 3 is 2.52 bits per heavy atom. The standard InChI is InChI=1S/C16H22N4O4S/c1-18-5-7-20(8-6-18)16(22)11-17-25(23,24)13-3-4-14-12(9-13)10-15(21)19(14)2/h3-4,9,17H,5-8,10-11H2,1-2H3. The molecule has 1 N–H and O–H groups in total. The number of sulfonamides is 1. The molecule has 136 valence electrons. The minimum atomic E-state index is -3.80. The van der Waals surface area contributed by atoms with Gasteiger partial charge in [-0.05, 0) is 30.8 Å². The van der Waals surface area contributed by atoms with E-state index in [9.17, 15) is 18.0 Å². The molecule has 3 rings (SSSR count). The van der Waals surface area contributed by atoms with Gasteiger partial charge in [0.1, 0.15) is 0 Å². The SMILES string of the molecule is CN1CCN(C(=O)CNS(=O)(=O)c2ccc3c(c2)CC(=O)N3C)CC1. The van der Waals surface area contributed by atoms with E-state index in [0.717, 1.165) is 18.8 Å². The number of anilines is 1. The van der Waals surface area contributed by atoms with Crippen molar-refractivity contribution in [2.75, 3.05) is 51.7 Å². The van der Waals surface area contributed by atoms with Crippen LogP contribution in [0.15, 0.2) is 23.1 Å². The summed E-state index contributed by atoms with van der Waals surface area (Å²) < 4.78 is 27.3. The molecule has 0 radical (unpaired) electrons. The highest BCUT2D eigenvalue weighted by Crippen LogP contribution is 2.29. The van der Waals surface area contributed by atoms with Crippen LogP contribution in [0.3, 0.4) is 0 Å². The molecule has 0 unspecified atom stereocenters. The van der Waals surface area contributed by atoms with E-state index in [1.54, 1.807) is 18.0 Å². The first-order chi connectivity index (χ1) is 11.8. The largest absolute Gasteiger partial charge is 0.339 e. The van der Waals surface area contributed by atoms with Crippen molar-refractivity contribution in [2.45, 2.75) is 11.3 Å². The van der Waals surface area contributed by atoms with Crippen LogP contribution in [0.4, 0.5) is 5.69 Å². The Labute approximate surface area is 147 Å². The van der Waals surface area contributed by atoms with E-state index < -0.39 is 10.0 Å². The molecule has 2 heterocycles. The molecule has 0 spiro atoms. The van der Waals surface area contributed by atoms with Crippen molar-refractivity contribution in [1.29, 1.82) is 0 Å². The van der Waals surface area contributed by atoms with Crippen LogP contribution >= 0.6 is 0 Å². The third kappa shape index (κ3) is 3.68. The van der Waals surface area contributed by atoms with Gasteiger partial charge in [0.2, 0.25) is 21.8 Å².